The fourth-order valence-corrected chi connectivity index (χ4v) is 1.52. The molecule has 5 radical (unpaired) electrons. The van der Waals surface area contributed by atoms with Crippen LogP contribution in [0.1, 0.15) is 12.5 Å². The summed E-state index contributed by atoms with van der Waals surface area (Å²) in [5, 5.41) is 0. The van der Waals surface area contributed by atoms with Gasteiger partial charge < -0.3 is 0 Å². The van der Waals surface area contributed by atoms with Crippen molar-refractivity contribution in [3.8, 4) is 0 Å². The third-order valence-electron chi connectivity index (χ3n) is 2.30. The first-order valence-electron chi connectivity index (χ1n) is 4.82. The van der Waals surface area contributed by atoms with Crippen molar-refractivity contribution in [2.24, 2.45) is 0 Å². The molecule has 0 N–H and O–H groups in total. The quantitative estimate of drug-likeness (QED) is 0.655. The van der Waals surface area contributed by atoms with Gasteiger partial charge in [0.15, 0.2) is 0 Å². The zero-order valence-corrected chi connectivity index (χ0v) is 8.27. The second-order valence-corrected chi connectivity index (χ2v) is 3.41. The maximum atomic E-state index is 2.20. The Bertz CT molecular complexity index is 302. The van der Waals surface area contributed by atoms with Gasteiger partial charge in [0, 0.05) is 5.92 Å². The van der Waals surface area contributed by atoms with Crippen molar-refractivity contribution < 1.29 is 0 Å². The van der Waals surface area contributed by atoms with Gasteiger partial charge in [0.05, 0.1) is 0 Å². The number of hydrogen-bond acceptors (Lipinski definition) is 0. The lowest BCUT2D eigenvalue weighted by molar-refractivity contribution is 1.25. The van der Waals surface area contributed by atoms with E-state index in [1.54, 1.807) is 0 Å². The molecule has 1 aliphatic carbocycles. The molecule has 0 atom stereocenters. The molecule has 0 bridgehead atoms. The topological polar surface area (TPSA) is 0 Å². The number of benzene rings is 1. The predicted octanol–water partition coefficient (Wildman–Crippen LogP) is 3.50. The van der Waals surface area contributed by atoms with E-state index in [0.717, 1.165) is 0 Å². The van der Waals surface area contributed by atoms with Crippen LogP contribution in [0, 0.1) is 31.6 Å². The Balaban J connectivity index is 2.10. The number of allylic oxidation sites excluding steroid dienone is 1. The highest BCUT2D eigenvalue weighted by molar-refractivity contribution is 5.61. The molecule has 0 aromatic heterocycles. The van der Waals surface area contributed by atoms with E-state index in [9.17, 15) is 0 Å². The molecular formula is C14H13. The Labute approximate surface area is 86.7 Å². The Morgan fingerprint density at radius 3 is 2.29 bits per heavy atom. The molecule has 1 aromatic carbocycles. The summed E-state index contributed by atoms with van der Waals surface area (Å²) in [4.78, 5) is 0. The third kappa shape index (κ3) is 2.25. The van der Waals surface area contributed by atoms with E-state index >= 15 is 0 Å². The summed E-state index contributed by atoms with van der Waals surface area (Å²) in [5.74, 6) is 1.30. The Hall–Kier alpha value is -1.04. The van der Waals surface area contributed by atoms with Gasteiger partial charge in [0.2, 0.25) is 0 Å². The molecule has 0 heteroatoms. The van der Waals surface area contributed by atoms with Gasteiger partial charge in [-0.1, -0.05) is 42.0 Å². The molecular weight excluding hydrogens is 168 g/mol. The summed E-state index contributed by atoms with van der Waals surface area (Å²) in [6, 6.07) is 10.4. The van der Waals surface area contributed by atoms with E-state index in [2.05, 4.69) is 62.9 Å². The third-order valence-corrected chi connectivity index (χ3v) is 2.30. The van der Waals surface area contributed by atoms with Crippen molar-refractivity contribution in [2.75, 3.05) is 0 Å². The minimum absolute atomic E-state index is 1.26. The van der Waals surface area contributed by atoms with E-state index in [4.69, 9.17) is 0 Å². The molecule has 2 rings (SSSR count). The molecule has 1 aromatic rings. The average molecular weight is 181 g/mol. The monoisotopic (exact) mass is 181 g/mol. The van der Waals surface area contributed by atoms with Crippen molar-refractivity contribution in [1.29, 1.82) is 0 Å². The van der Waals surface area contributed by atoms with Crippen LogP contribution in [0.5, 0.6) is 0 Å². The molecule has 0 saturated heterocycles. The van der Waals surface area contributed by atoms with Crippen molar-refractivity contribution in [3.05, 3.63) is 73.1 Å². The van der Waals surface area contributed by atoms with Crippen LogP contribution in [-0.4, -0.2) is 0 Å². The first-order chi connectivity index (χ1) is 6.86. The van der Waals surface area contributed by atoms with Crippen molar-refractivity contribution in [1.82, 2.24) is 0 Å². The maximum Gasteiger partial charge on any atom is 0.00800 e. The molecule has 0 amide bonds. The summed E-state index contributed by atoms with van der Waals surface area (Å²) in [6.45, 7) is 2.14. The van der Waals surface area contributed by atoms with Crippen LogP contribution in [0.2, 0.25) is 0 Å². The van der Waals surface area contributed by atoms with Crippen molar-refractivity contribution in [3.63, 3.8) is 0 Å². The van der Waals surface area contributed by atoms with Gasteiger partial charge in [-0.05, 0) is 38.2 Å². The standard InChI is InChI=1S/C14H13/c1-12(14-9-5-6-10-14)11-13-7-3-2-4-8-13/h2-11H,1H3/b12-11+. The van der Waals surface area contributed by atoms with E-state index in [-0.39, 0.29) is 0 Å². The Morgan fingerprint density at radius 2 is 1.64 bits per heavy atom. The minimum atomic E-state index is 1.26. The van der Waals surface area contributed by atoms with Crippen LogP contribution >= 0.6 is 0 Å². The first kappa shape index (κ1) is 9.51. The highest BCUT2D eigenvalue weighted by Crippen LogP contribution is 2.30. The average Bonchev–Trinajstić information content (AvgIpc) is 2.72. The molecule has 0 unspecified atom stereocenters. The summed E-state index contributed by atoms with van der Waals surface area (Å²) < 4.78 is 0. The number of hydrogen-bond donors (Lipinski definition) is 0. The lowest BCUT2D eigenvalue weighted by atomic mass is 9.97. The van der Waals surface area contributed by atoms with Gasteiger partial charge in [-0.25, -0.2) is 0 Å². The van der Waals surface area contributed by atoms with Gasteiger partial charge in [0.25, 0.3) is 0 Å². The SMILES string of the molecule is C/C(=C\c1ccccc1)[C]1[CH][CH][CH][CH]1. The van der Waals surface area contributed by atoms with E-state index in [0.29, 0.717) is 0 Å². The Morgan fingerprint density at radius 1 is 1.00 bits per heavy atom. The van der Waals surface area contributed by atoms with Crippen LogP contribution in [0.3, 0.4) is 0 Å². The fraction of sp³-hybridized carbons (Fsp3) is 0.0714. The van der Waals surface area contributed by atoms with Crippen LogP contribution in [-0.2, 0) is 0 Å². The van der Waals surface area contributed by atoms with Gasteiger partial charge in [-0.2, -0.15) is 0 Å². The number of rotatable bonds is 2. The van der Waals surface area contributed by atoms with Crippen LogP contribution in [0.4, 0.5) is 0 Å². The molecule has 0 spiro atoms. The maximum absolute atomic E-state index is 2.20. The van der Waals surface area contributed by atoms with E-state index < -0.39 is 0 Å². The van der Waals surface area contributed by atoms with E-state index in [1.807, 2.05) is 6.07 Å². The Kier molecular flexibility index (Phi) is 3.03. The van der Waals surface area contributed by atoms with E-state index in [1.165, 1.54) is 17.1 Å². The largest absolute Gasteiger partial charge is 0.0650 e. The lowest BCUT2D eigenvalue weighted by Gasteiger charge is -2.07. The highest BCUT2D eigenvalue weighted by Gasteiger charge is 2.17. The second-order valence-electron chi connectivity index (χ2n) is 3.41. The zero-order chi connectivity index (χ0) is 9.80. The molecule has 0 nitrogen and oxygen atoms in total. The second kappa shape index (κ2) is 4.45. The van der Waals surface area contributed by atoms with Gasteiger partial charge in [-0.3, -0.25) is 0 Å². The van der Waals surface area contributed by atoms with Crippen LogP contribution in [0.15, 0.2) is 35.9 Å². The molecule has 1 fully saturated rings. The summed E-state index contributed by atoms with van der Waals surface area (Å²) >= 11 is 0. The smallest absolute Gasteiger partial charge is 0.00800 e. The summed E-state index contributed by atoms with van der Waals surface area (Å²) in [6.07, 6.45) is 10.6. The fourth-order valence-electron chi connectivity index (χ4n) is 1.52. The molecule has 1 aliphatic rings. The minimum Gasteiger partial charge on any atom is -0.0650 e. The van der Waals surface area contributed by atoms with Gasteiger partial charge in [0.1, 0.15) is 0 Å². The van der Waals surface area contributed by atoms with Gasteiger partial charge >= 0.3 is 0 Å². The highest BCUT2D eigenvalue weighted by atomic mass is 14.2. The lowest BCUT2D eigenvalue weighted by Crippen LogP contribution is -1.92. The molecule has 14 heavy (non-hydrogen) atoms. The normalized spacial score (nSPS) is 18.8. The van der Waals surface area contributed by atoms with Gasteiger partial charge in [-0.15, -0.1) is 0 Å². The zero-order valence-electron chi connectivity index (χ0n) is 8.27. The molecule has 0 aliphatic heterocycles. The van der Waals surface area contributed by atoms with Crippen molar-refractivity contribution in [2.45, 2.75) is 6.92 Å². The summed E-state index contributed by atoms with van der Waals surface area (Å²) in [5.41, 5.74) is 2.56. The van der Waals surface area contributed by atoms with Crippen LogP contribution < -0.4 is 0 Å². The molecule has 1 saturated carbocycles. The predicted molar refractivity (Wildman–Crippen MR) is 60.5 cm³/mol. The van der Waals surface area contributed by atoms with Crippen molar-refractivity contribution >= 4 is 6.08 Å². The molecule has 0 heterocycles. The molecule has 69 valence electrons. The summed E-state index contributed by atoms with van der Waals surface area (Å²) in [7, 11) is 0. The van der Waals surface area contributed by atoms with Crippen LogP contribution in [0.25, 0.3) is 6.08 Å². The first-order valence-corrected chi connectivity index (χ1v) is 4.82.